The van der Waals surface area contributed by atoms with Crippen LogP contribution in [-0.4, -0.2) is 37.0 Å². The van der Waals surface area contributed by atoms with Gasteiger partial charge in [-0.05, 0) is 25.7 Å². The fourth-order valence-electron chi connectivity index (χ4n) is 1.37. The van der Waals surface area contributed by atoms with Crippen LogP contribution in [0.5, 0.6) is 0 Å². The minimum absolute atomic E-state index is 0.421. The topological polar surface area (TPSA) is 55.8 Å². The Hall–Kier alpha value is -0.610. The van der Waals surface area contributed by atoms with Gasteiger partial charge in [-0.3, -0.25) is 0 Å². The summed E-state index contributed by atoms with van der Waals surface area (Å²) in [4.78, 5) is 10.7. The number of carboxylic acid groups (broad SMARTS) is 1. The fourth-order valence-corrected chi connectivity index (χ4v) is 1.37. The van der Waals surface area contributed by atoms with E-state index in [1.165, 1.54) is 0 Å². The van der Waals surface area contributed by atoms with Gasteiger partial charge in [0.1, 0.15) is 0 Å². The molecule has 4 heteroatoms. The molecule has 4 nitrogen and oxygen atoms in total. The van der Waals surface area contributed by atoms with Gasteiger partial charge in [-0.15, -0.1) is 0 Å². The second-order valence-corrected chi connectivity index (χ2v) is 4.22. The standard InChI is InChI=1S/C12H24O4/c1-4-16-11(12(13)14)7-9-15-8-5-6-10(2)3/h10-11H,4-9H2,1-3H3,(H,13,14). The number of ether oxygens (including phenoxy) is 2. The Morgan fingerprint density at radius 3 is 2.44 bits per heavy atom. The van der Waals surface area contributed by atoms with Crippen molar-refractivity contribution in [2.75, 3.05) is 19.8 Å². The zero-order valence-electron chi connectivity index (χ0n) is 10.6. The van der Waals surface area contributed by atoms with E-state index in [-0.39, 0.29) is 0 Å². The first-order valence-corrected chi connectivity index (χ1v) is 6.00. The molecule has 0 heterocycles. The summed E-state index contributed by atoms with van der Waals surface area (Å²) >= 11 is 0. The van der Waals surface area contributed by atoms with Gasteiger partial charge in [-0.25, -0.2) is 4.79 Å². The maximum Gasteiger partial charge on any atom is 0.332 e. The average Bonchev–Trinajstić information content (AvgIpc) is 2.20. The number of hydrogen-bond acceptors (Lipinski definition) is 3. The van der Waals surface area contributed by atoms with Crippen molar-refractivity contribution in [1.82, 2.24) is 0 Å². The van der Waals surface area contributed by atoms with Crippen LogP contribution in [-0.2, 0) is 14.3 Å². The van der Waals surface area contributed by atoms with Crippen molar-refractivity contribution in [2.24, 2.45) is 5.92 Å². The minimum atomic E-state index is -0.910. The molecule has 16 heavy (non-hydrogen) atoms. The molecule has 1 atom stereocenters. The third kappa shape index (κ3) is 8.68. The molecule has 96 valence electrons. The van der Waals surface area contributed by atoms with Crippen LogP contribution in [0.1, 0.15) is 40.0 Å². The summed E-state index contributed by atoms with van der Waals surface area (Å²) in [6.07, 6.45) is 1.87. The molecule has 0 aromatic rings. The molecule has 0 amide bonds. The Kier molecular flexibility index (Phi) is 9.24. The number of aliphatic carboxylic acids is 1. The molecule has 0 aromatic carbocycles. The second kappa shape index (κ2) is 9.60. The van der Waals surface area contributed by atoms with Crippen molar-refractivity contribution in [2.45, 2.75) is 46.1 Å². The molecule has 0 spiro atoms. The van der Waals surface area contributed by atoms with Crippen LogP contribution in [0.25, 0.3) is 0 Å². The Bertz CT molecular complexity index is 180. The molecule has 0 aliphatic carbocycles. The van der Waals surface area contributed by atoms with Crippen LogP contribution in [0.2, 0.25) is 0 Å². The quantitative estimate of drug-likeness (QED) is 0.587. The predicted octanol–water partition coefficient (Wildman–Crippen LogP) is 2.32. The summed E-state index contributed by atoms with van der Waals surface area (Å²) in [5, 5.41) is 8.80. The van der Waals surface area contributed by atoms with E-state index in [0.29, 0.717) is 32.2 Å². The Morgan fingerprint density at radius 2 is 1.94 bits per heavy atom. The molecule has 0 bridgehead atoms. The molecule has 0 saturated carbocycles. The van der Waals surface area contributed by atoms with Gasteiger partial charge >= 0.3 is 5.97 Å². The van der Waals surface area contributed by atoms with E-state index >= 15 is 0 Å². The van der Waals surface area contributed by atoms with Gasteiger partial charge in [0.15, 0.2) is 6.10 Å². The largest absolute Gasteiger partial charge is 0.479 e. The average molecular weight is 232 g/mol. The van der Waals surface area contributed by atoms with Crippen LogP contribution < -0.4 is 0 Å². The second-order valence-electron chi connectivity index (χ2n) is 4.22. The Labute approximate surface area is 97.9 Å². The monoisotopic (exact) mass is 232 g/mol. The third-order valence-corrected chi connectivity index (χ3v) is 2.24. The summed E-state index contributed by atoms with van der Waals surface area (Å²) in [5.74, 6) is -0.216. The molecule has 0 saturated heterocycles. The molecule has 0 rings (SSSR count). The lowest BCUT2D eigenvalue weighted by Crippen LogP contribution is -2.25. The highest BCUT2D eigenvalue weighted by molar-refractivity contribution is 5.72. The Balaban J connectivity index is 3.44. The van der Waals surface area contributed by atoms with Crippen LogP contribution >= 0.6 is 0 Å². The van der Waals surface area contributed by atoms with Crippen LogP contribution in [0.15, 0.2) is 0 Å². The van der Waals surface area contributed by atoms with E-state index in [1.807, 2.05) is 0 Å². The molecule has 0 aliphatic heterocycles. The van der Waals surface area contributed by atoms with E-state index in [0.717, 1.165) is 12.8 Å². The number of carboxylic acids is 1. The van der Waals surface area contributed by atoms with Gasteiger partial charge in [0.05, 0.1) is 0 Å². The van der Waals surface area contributed by atoms with Gasteiger partial charge in [-0.1, -0.05) is 13.8 Å². The van der Waals surface area contributed by atoms with Crippen LogP contribution in [0.4, 0.5) is 0 Å². The van der Waals surface area contributed by atoms with Crippen molar-refractivity contribution >= 4 is 5.97 Å². The van der Waals surface area contributed by atoms with Crippen molar-refractivity contribution in [3.05, 3.63) is 0 Å². The van der Waals surface area contributed by atoms with E-state index in [2.05, 4.69) is 13.8 Å². The summed E-state index contributed by atoms with van der Waals surface area (Å²) in [7, 11) is 0. The molecule has 0 fully saturated rings. The maximum atomic E-state index is 10.7. The van der Waals surface area contributed by atoms with Gasteiger partial charge in [0.25, 0.3) is 0 Å². The van der Waals surface area contributed by atoms with Crippen molar-refractivity contribution in [3.8, 4) is 0 Å². The number of rotatable bonds is 10. The summed E-state index contributed by atoms with van der Waals surface area (Å²) < 4.78 is 10.4. The fraction of sp³-hybridized carbons (Fsp3) is 0.917. The third-order valence-electron chi connectivity index (χ3n) is 2.24. The highest BCUT2D eigenvalue weighted by Gasteiger charge is 2.16. The highest BCUT2D eigenvalue weighted by Crippen LogP contribution is 2.04. The SMILES string of the molecule is CCOC(CCOCCCC(C)C)C(=O)O. The first-order chi connectivity index (χ1) is 7.57. The van der Waals surface area contributed by atoms with Crippen LogP contribution in [0, 0.1) is 5.92 Å². The van der Waals surface area contributed by atoms with E-state index in [1.54, 1.807) is 6.92 Å². The van der Waals surface area contributed by atoms with Gasteiger partial charge in [0.2, 0.25) is 0 Å². The normalized spacial score (nSPS) is 13.0. The lowest BCUT2D eigenvalue weighted by Gasteiger charge is -2.12. The molecule has 1 unspecified atom stereocenters. The number of hydrogen-bond donors (Lipinski definition) is 1. The van der Waals surface area contributed by atoms with Crippen molar-refractivity contribution in [1.29, 1.82) is 0 Å². The molecule has 0 radical (unpaired) electrons. The summed E-state index contributed by atoms with van der Waals surface area (Å²) in [6, 6.07) is 0. The van der Waals surface area contributed by atoms with Gasteiger partial charge < -0.3 is 14.6 Å². The highest BCUT2D eigenvalue weighted by atomic mass is 16.5. The van der Waals surface area contributed by atoms with E-state index in [4.69, 9.17) is 14.6 Å². The molecular weight excluding hydrogens is 208 g/mol. The lowest BCUT2D eigenvalue weighted by atomic mass is 10.1. The molecule has 0 aliphatic rings. The van der Waals surface area contributed by atoms with Crippen molar-refractivity contribution < 1.29 is 19.4 Å². The zero-order chi connectivity index (χ0) is 12.4. The van der Waals surface area contributed by atoms with E-state index in [9.17, 15) is 4.79 Å². The zero-order valence-corrected chi connectivity index (χ0v) is 10.6. The molecule has 1 N–H and O–H groups in total. The predicted molar refractivity (Wildman–Crippen MR) is 62.6 cm³/mol. The van der Waals surface area contributed by atoms with Gasteiger partial charge in [0, 0.05) is 26.2 Å². The Morgan fingerprint density at radius 1 is 1.25 bits per heavy atom. The summed E-state index contributed by atoms with van der Waals surface area (Å²) in [6.45, 7) is 7.72. The van der Waals surface area contributed by atoms with Crippen molar-refractivity contribution in [3.63, 3.8) is 0 Å². The molecular formula is C12H24O4. The smallest absolute Gasteiger partial charge is 0.332 e. The van der Waals surface area contributed by atoms with E-state index < -0.39 is 12.1 Å². The lowest BCUT2D eigenvalue weighted by molar-refractivity contribution is -0.151. The number of carbonyl (C=O) groups is 1. The van der Waals surface area contributed by atoms with Crippen LogP contribution in [0.3, 0.4) is 0 Å². The van der Waals surface area contributed by atoms with Gasteiger partial charge in [-0.2, -0.15) is 0 Å². The maximum absolute atomic E-state index is 10.7. The molecule has 0 aromatic heterocycles. The first-order valence-electron chi connectivity index (χ1n) is 6.00. The first kappa shape index (κ1) is 15.4. The minimum Gasteiger partial charge on any atom is -0.479 e. The summed E-state index contributed by atoms with van der Waals surface area (Å²) in [5.41, 5.74) is 0.